The van der Waals surface area contributed by atoms with Gasteiger partial charge in [0, 0.05) is 19.3 Å². The van der Waals surface area contributed by atoms with Gasteiger partial charge in [0.1, 0.15) is 5.75 Å². The molecular formula is C16H20N4O2. The highest BCUT2D eigenvalue weighted by molar-refractivity contribution is 5.88. The Kier molecular flexibility index (Phi) is 4.00. The van der Waals surface area contributed by atoms with Gasteiger partial charge < -0.3 is 10.1 Å². The first-order valence-electron chi connectivity index (χ1n) is 7.37. The highest BCUT2D eigenvalue weighted by atomic mass is 16.5. The topological polar surface area (TPSA) is 68.2 Å². The van der Waals surface area contributed by atoms with E-state index in [2.05, 4.69) is 15.7 Å². The molecule has 0 spiro atoms. The van der Waals surface area contributed by atoms with Crippen LogP contribution in [0, 0.1) is 5.92 Å². The number of carbonyl (C=O) groups is 1. The molecule has 22 heavy (non-hydrogen) atoms. The lowest BCUT2D eigenvalue weighted by Crippen LogP contribution is -2.33. The molecule has 1 aromatic heterocycles. The van der Waals surface area contributed by atoms with Crippen LogP contribution in [0.15, 0.2) is 36.5 Å². The fraction of sp³-hybridized carbons (Fsp3) is 0.375. The van der Waals surface area contributed by atoms with Crippen molar-refractivity contribution in [2.45, 2.75) is 18.9 Å². The average Bonchev–Trinajstić information content (AvgIpc) is 3.28. The first-order valence-corrected chi connectivity index (χ1v) is 7.37. The summed E-state index contributed by atoms with van der Waals surface area (Å²) >= 11 is 0. The molecule has 0 aliphatic heterocycles. The van der Waals surface area contributed by atoms with Crippen LogP contribution in [0.25, 0.3) is 0 Å². The number of carbonyl (C=O) groups excluding carboxylic acids is 1. The molecule has 1 aromatic carbocycles. The molecule has 2 aromatic rings. The Morgan fingerprint density at radius 2 is 2.05 bits per heavy atom. The van der Waals surface area contributed by atoms with Crippen molar-refractivity contribution in [2.24, 2.45) is 13.0 Å². The predicted molar refractivity (Wildman–Crippen MR) is 83.8 cm³/mol. The number of hydrogen-bond acceptors (Lipinski definition) is 3. The summed E-state index contributed by atoms with van der Waals surface area (Å²) in [6.07, 6.45) is 4.07. The van der Waals surface area contributed by atoms with E-state index in [0.717, 1.165) is 24.2 Å². The third-order valence-electron chi connectivity index (χ3n) is 3.81. The second-order valence-electron chi connectivity index (χ2n) is 5.56. The van der Waals surface area contributed by atoms with Crippen LogP contribution in [-0.4, -0.2) is 22.9 Å². The van der Waals surface area contributed by atoms with E-state index in [4.69, 9.17) is 4.74 Å². The van der Waals surface area contributed by atoms with Gasteiger partial charge in [-0.2, -0.15) is 5.10 Å². The van der Waals surface area contributed by atoms with Gasteiger partial charge in [0.05, 0.1) is 13.2 Å². The quantitative estimate of drug-likeness (QED) is 0.892. The molecule has 1 saturated carbocycles. The van der Waals surface area contributed by atoms with Crippen molar-refractivity contribution in [3.8, 4) is 5.75 Å². The summed E-state index contributed by atoms with van der Waals surface area (Å²) in [6.45, 7) is 0. The Bertz CT molecular complexity index is 646. The van der Waals surface area contributed by atoms with E-state index in [-0.39, 0.29) is 12.1 Å². The first-order chi connectivity index (χ1) is 10.7. The Morgan fingerprint density at radius 3 is 2.59 bits per heavy atom. The zero-order chi connectivity index (χ0) is 15.5. The highest BCUT2D eigenvalue weighted by Gasteiger charge is 2.33. The van der Waals surface area contributed by atoms with Gasteiger partial charge in [-0.15, -0.1) is 0 Å². The normalized spacial score (nSPS) is 15.2. The van der Waals surface area contributed by atoms with Gasteiger partial charge in [0.15, 0.2) is 5.82 Å². The van der Waals surface area contributed by atoms with Gasteiger partial charge >= 0.3 is 6.03 Å². The summed E-state index contributed by atoms with van der Waals surface area (Å²) in [5.74, 6) is 1.86. The number of ether oxygens (including phenoxy) is 1. The molecule has 2 N–H and O–H groups in total. The van der Waals surface area contributed by atoms with Crippen molar-refractivity contribution in [1.29, 1.82) is 0 Å². The van der Waals surface area contributed by atoms with Crippen LogP contribution in [-0.2, 0) is 7.05 Å². The zero-order valence-electron chi connectivity index (χ0n) is 12.7. The maximum atomic E-state index is 12.2. The van der Waals surface area contributed by atoms with Crippen LogP contribution >= 0.6 is 0 Å². The molecular weight excluding hydrogens is 280 g/mol. The standard InChI is InChI=1S/C16H20N4O2/c1-20-10-9-14(19-20)17-16(21)18-15(11-3-4-11)12-5-7-13(22-2)8-6-12/h5-11,15H,3-4H2,1-2H3,(H2,17,18,19,21). The molecule has 116 valence electrons. The number of aromatic nitrogens is 2. The van der Waals surface area contributed by atoms with Crippen molar-refractivity contribution >= 4 is 11.8 Å². The zero-order valence-corrected chi connectivity index (χ0v) is 12.7. The Balaban J connectivity index is 1.67. The molecule has 1 unspecified atom stereocenters. The number of nitrogens with one attached hydrogen (secondary N) is 2. The van der Waals surface area contributed by atoms with Gasteiger partial charge in [-0.3, -0.25) is 10.00 Å². The van der Waals surface area contributed by atoms with E-state index < -0.39 is 0 Å². The molecule has 0 saturated heterocycles. The maximum absolute atomic E-state index is 12.2. The van der Waals surface area contributed by atoms with Crippen LogP contribution in [0.2, 0.25) is 0 Å². The first kappa shape index (κ1) is 14.4. The van der Waals surface area contributed by atoms with Crippen LogP contribution < -0.4 is 15.4 Å². The maximum Gasteiger partial charge on any atom is 0.320 e. The number of anilines is 1. The largest absolute Gasteiger partial charge is 0.497 e. The third kappa shape index (κ3) is 3.39. The van der Waals surface area contributed by atoms with Crippen LogP contribution in [0.5, 0.6) is 5.75 Å². The summed E-state index contributed by atoms with van der Waals surface area (Å²) in [4.78, 5) is 12.2. The minimum atomic E-state index is -0.230. The summed E-state index contributed by atoms with van der Waals surface area (Å²) in [5.41, 5.74) is 1.10. The van der Waals surface area contributed by atoms with E-state index in [9.17, 15) is 4.79 Å². The van der Waals surface area contributed by atoms with Crippen molar-refractivity contribution in [3.63, 3.8) is 0 Å². The van der Waals surface area contributed by atoms with Gasteiger partial charge in [-0.25, -0.2) is 4.79 Å². The second-order valence-corrected chi connectivity index (χ2v) is 5.56. The number of methoxy groups -OCH3 is 1. The number of rotatable bonds is 5. The van der Waals surface area contributed by atoms with Crippen LogP contribution in [0.1, 0.15) is 24.4 Å². The smallest absolute Gasteiger partial charge is 0.320 e. The molecule has 1 atom stereocenters. The Hall–Kier alpha value is -2.50. The number of hydrogen-bond donors (Lipinski definition) is 2. The van der Waals surface area contributed by atoms with Crippen LogP contribution in [0.4, 0.5) is 10.6 Å². The highest BCUT2D eigenvalue weighted by Crippen LogP contribution is 2.41. The molecule has 0 bridgehead atoms. The van der Waals surface area contributed by atoms with Crippen molar-refractivity contribution in [1.82, 2.24) is 15.1 Å². The summed E-state index contributed by atoms with van der Waals surface area (Å²) in [5, 5.41) is 9.95. The minimum Gasteiger partial charge on any atom is -0.497 e. The van der Waals surface area contributed by atoms with E-state index in [0.29, 0.717) is 11.7 Å². The molecule has 2 amide bonds. The lowest BCUT2D eigenvalue weighted by atomic mass is 10.0. The van der Waals surface area contributed by atoms with Gasteiger partial charge in [0.25, 0.3) is 0 Å². The molecule has 1 heterocycles. The fourth-order valence-corrected chi connectivity index (χ4v) is 2.49. The molecule has 1 aliphatic carbocycles. The molecule has 6 heteroatoms. The van der Waals surface area contributed by atoms with E-state index in [1.165, 1.54) is 0 Å². The minimum absolute atomic E-state index is 0.0228. The molecule has 3 rings (SSSR count). The fourth-order valence-electron chi connectivity index (χ4n) is 2.49. The third-order valence-corrected chi connectivity index (χ3v) is 3.81. The van der Waals surface area contributed by atoms with Crippen molar-refractivity contribution in [3.05, 3.63) is 42.1 Å². The monoisotopic (exact) mass is 300 g/mol. The number of aryl methyl sites for hydroxylation is 1. The molecule has 6 nitrogen and oxygen atoms in total. The SMILES string of the molecule is COc1ccc(C(NC(=O)Nc2ccn(C)n2)C2CC2)cc1. The number of urea groups is 1. The van der Waals surface area contributed by atoms with Gasteiger partial charge in [0.2, 0.25) is 0 Å². The second kappa shape index (κ2) is 6.09. The summed E-state index contributed by atoms with van der Waals surface area (Å²) in [7, 11) is 3.46. The van der Waals surface area contributed by atoms with Crippen molar-refractivity contribution < 1.29 is 9.53 Å². The molecule has 0 radical (unpaired) electrons. The van der Waals surface area contributed by atoms with E-state index in [1.54, 1.807) is 24.1 Å². The van der Waals surface area contributed by atoms with E-state index in [1.807, 2.05) is 31.3 Å². The van der Waals surface area contributed by atoms with Crippen LogP contribution in [0.3, 0.4) is 0 Å². The Morgan fingerprint density at radius 1 is 1.32 bits per heavy atom. The Labute approximate surface area is 129 Å². The predicted octanol–water partition coefficient (Wildman–Crippen LogP) is 2.70. The van der Waals surface area contributed by atoms with Crippen molar-refractivity contribution in [2.75, 3.05) is 12.4 Å². The summed E-state index contributed by atoms with van der Waals surface area (Å²) in [6, 6.07) is 9.40. The molecule has 1 aliphatic rings. The number of amides is 2. The lowest BCUT2D eigenvalue weighted by Gasteiger charge is -2.19. The lowest BCUT2D eigenvalue weighted by molar-refractivity contribution is 0.247. The summed E-state index contributed by atoms with van der Waals surface area (Å²) < 4.78 is 6.83. The molecule has 1 fully saturated rings. The average molecular weight is 300 g/mol. The number of nitrogens with zero attached hydrogens (tertiary/aromatic N) is 2. The number of benzene rings is 1. The van der Waals surface area contributed by atoms with Gasteiger partial charge in [-0.05, 0) is 36.5 Å². The van der Waals surface area contributed by atoms with Gasteiger partial charge in [-0.1, -0.05) is 12.1 Å². The van der Waals surface area contributed by atoms with E-state index >= 15 is 0 Å².